The zero-order chi connectivity index (χ0) is 16.2. The van der Waals surface area contributed by atoms with Crippen LogP contribution < -0.4 is 5.32 Å². The summed E-state index contributed by atoms with van der Waals surface area (Å²) in [5.74, 6) is -0.793. The van der Waals surface area contributed by atoms with E-state index in [0.29, 0.717) is 10.6 Å². The molecular formula is C16H12N2O3S2. The van der Waals surface area contributed by atoms with Gasteiger partial charge in [0.1, 0.15) is 9.88 Å². The van der Waals surface area contributed by atoms with Gasteiger partial charge >= 0.3 is 5.97 Å². The van der Waals surface area contributed by atoms with Crippen molar-refractivity contribution in [1.82, 2.24) is 4.98 Å². The average molecular weight is 344 g/mol. The van der Waals surface area contributed by atoms with Gasteiger partial charge in [-0.2, -0.15) is 0 Å². The molecule has 2 aromatic heterocycles. The van der Waals surface area contributed by atoms with E-state index in [0.717, 1.165) is 15.2 Å². The third-order valence-corrected chi connectivity index (χ3v) is 4.88. The van der Waals surface area contributed by atoms with Crippen molar-refractivity contribution < 1.29 is 14.3 Å². The van der Waals surface area contributed by atoms with Gasteiger partial charge in [-0.3, -0.25) is 4.79 Å². The van der Waals surface area contributed by atoms with E-state index in [1.165, 1.54) is 35.9 Å². The minimum atomic E-state index is -0.467. The van der Waals surface area contributed by atoms with Crippen LogP contribution in [0.3, 0.4) is 0 Å². The Labute approximate surface area is 140 Å². The van der Waals surface area contributed by atoms with Gasteiger partial charge in [0.15, 0.2) is 0 Å². The second-order valence-electron chi connectivity index (χ2n) is 4.50. The molecule has 5 nitrogen and oxygen atoms in total. The Hall–Kier alpha value is -2.51. The molecule has 3 aromatic rings. The number of carbonyl (C=O) groups excluding carboxylic acids is 2. The van der Waals surface area contributed by atoms with Crippen molar-refractivity contribution in [1.29, 1.82) is 0 Å². The lowest BCUT2D eigenvalue weighted by molar-refractivity contribution is -0.111. The van der Waals surface area contributed by atoms with Gasteiger partial charge in [0.25, 0.3) is 0 Å². The summed E-state index contributed by atoms with van der Waals surface area (Å²) in [6.45, 7) is 0. The second-order valence-corrected chi connectivity index (χ2v) is 6.48. The van der Waals surface area contributed by atoms with Gasteiger partial charge in [-0.15, -0.1) is 22.7 Å². The highest BCUT2D eigenvalue weighted by Gasteiger charge is 2.14. The van der Waals surface area contributed by atoms with Gasteiger partial charge in [0, 0.05) is 6.08 Å². The Balaban J connectivity index is 1.72. The fourth-order valence-electron chi connectivity index (χ4n) is 1.94. The normalized spacial score (nSPS) is 11.0. The Morgan fingerprint density at radius 1 is 1.26 bits per heavy atom. The number of hydrogen-bond acceptors (Lipinski definition) is 6. The lowest BCUT2D eigenvalue weighted by Crippen LogP contribution is -2.10. The summed E-state index contributed by atoms with van der Waals surface area (Å²) in [5, 5.41) is 5.14. The highest BCUT2D eigenvalue weighted by Crippen LogP contribution is 2.24. The lowest BCUT2D eigenvalue weighted by atomic mass is 10.3. The van der Waals surface area contributed by atoms with Crippen LogP contribution in [0.4, 0.5) is 5.69 Å². The maximum absolute atomic E-state index is 12.0. The van der Waals surface area contributed by atoms with Crippen molar-refractivity contribution in [2.24, 2.45) is 0 Å². The van der Waals surface area contributed by atoms with Crippen molar-refractivity contribution in [3.8, 4) is 0 Å². The van der Waals surface area contributed by atoms with E-state index in [1.807, 2.05) is 24.3 Å². The van der Waals surface area contributed by atoms with Crippen LogP contribution in [-0.4, -0.2) is 24.0 Å². The van der Waals surface area contributed by atoms with Crippen LogP contribution >= 0.6 is 22.7 Å². The minimum absolute atomic E-state index is 0.326. The van der Waals surface area contributed by atoms with Crippen LogP contribution in [0.25, 0.3) is 16.3 Å². The van der Waals surface area contributed by atoms with Crippen molar-refractivity contribution in [2.45, 2.75) is 0 Å². The number of fused-ring (bicyclic) bond motifs is 1. The molecule has 0 spiro atoms. The molecule has 0 aliphatic rings. The van der Waals surface area contributed by atoms with Crippen molar-refractivity contribution in [3.05, 3.63) is 51.7 Å². The first-order valence-electron chi connectivity index (χ1n) is 6.68. The van der Waals surface area contributed by atoms with Crippen molar-refractivity contribution >= 4 is 56.5 Å². The highest BCUT2D eigenvalue weighted by atomic mass is 32.1. The molecule has 1 aromatic carbocycles. The fourth-order valence-corrected chi connectivity index (χ4v) is 3.58. The van der Waals surface area contributed by atoms with E-state index in [9.17, 15) is 9.59 Å². The number of para-hydroxylation sites is 1. The van der Waals surface area contributed by atoms with Gasteiger partial charge < -0.3 is 10.1 Å². The zero-order valence-electron chi connectivity index (χ0n) is 12.1. The van der Waals surface area contributed by atoms with E-state index in [1.54, 1.807) is 17.5 Å². The molecule has 0 fully saturated rings. The summed E-state index contributed by atoms with van der Waals surface area (Å²) in [6, 6.07) is 9.45. The fraction of sp³-hybridized carbons (Fsp3) is 0.0625. The molecule has 0 saturated carbocycles. The Bertz CT molecular complexity index is 863. The topological polar surface area (TPSA) is 68.3 Å². The molecule has 0 aliphatic heterocycles. The SMILES string of the molecule is COC(=O)c1sccc1NC(=O)/C=C/c1nc2ccccc2s1. The molecule has 0 aliphatic carbocycles. The number of methoxy groups -OCH3 is 1. The second kappa shape index (κ2) is 6.72. The first-order valence-corrected chi connectivity index (χ1v) is 8.37. The molecule has 1 amide bonds. The Morgan fingerprint density at radius 3 is 2.87 bits per heavy atom. The molecule has 0 saturated heterocycles. The standard InChI is InChI=1S/C16H12N2O3S2/c1-21-16(20)15-11(8-9-22-15)17-13(19)6-7-14-18-10-4-2-3-5-12(10)23-14/h2-9H,1H3,(H,17,19)/b7-6+. The third-order valence-electron chi connectivity index (χ3n) is 2.98. The number of hydrogen-bond donors (Lipinski definition) is 1. The number of benzene rings is 1. The number of thiazole rings is 1. The summed E-state index contributed by atoms with van der Waals surface area (Å²) in [6.07, 6.45) is 3.06. The molecule has 7 heteroatoms. The van der Waals surface area contributed by atoms with Gasteiger partial charge in [-0.25, -0.2) is 9.78 Å². The van der Waals surface area contributed by atoms with Crippen LogP contribution in [-0.2, 0) is 9.53 Å². The minimum Gasteiger partial charge on any atom is -0.465 e. The largest absolute Gasteiger partial charge is 0.465 e. The molecular weight excluding hydrogens is 332 g/mol. The number of aromatic nitrogens is 1. The van der Waals surface area contributed by atoms with E-state index in [-0.39, 0.29) is 5.91 Å². The summed E-state index contributed by atoms with van der Waals surface area (Å²) in [5.41, 5.74) is 1.35. The van der Waals surface area contributed by atoms with Gasteiger partial charge in [-0.05, 0) is 29.7 Å². The lowest BCUT2D eigenvalue weighted by Gasteiger charge is -2.02. The molecule has 0 unspecified atom stereocenters. The number of carbonyl (C=O) groups is 2. The summed E-state index contributed by atoms with van der Waals surface area (Å²) >= 11 is 2.73. The monoisotopic (exact) mass is 344 g/mol. The molecule has 116 valence electrons. The molecule has 23 heavy (non-hydrogen) atoms. The average Bonchev–Trinajstić information content (AvgIpc) is 3.18. The molecule has 0 bridgehead atoms. The summed E-state index contributed by atoms with van der Waals surface area (Å²) in [7, 11) is 1.31. The number of thiophene rings is 1. The summed E-state index contributed by atoms with van der Waals surface area (Å²) in [4.78, 5) is 28.3. The zero-order valence-corrected chi connectivity index (χ0v) is 13.7. The Morgan fingerprint density at radius 2 is 2.09 bits per heavy atom. The molecule has 3 rings (SSSR count). The molecule has 0 atom stereocenters. The van der Waals surface area contributed by atoms with Crippen LogP contribution in [0.2, 0.25) is 0 Å². The van der Waals surface area contributed by atoms with Crippen molar-refractivity contribution in [2.75, 3.05) is 12.4 Å². The van der Waals surface area contributed by atoms with E-state index < -0.39 is 5.97 Å². The van der Waals surface area contributed by atoms with Crippen molar-refractivity contribution in [3.63, 3.8) is 0 Å². The predicted octanol–water partition coefficient (Wildman–Crippen LogP) is 3.80. The van der Waals surface area contributed by atoms with Crippen LogP contribution in [0.5, 0.6) is 0 Å². The van der Waals surface area contributed by atoms with E-state index in [4.69, 9.17) is 0 Å². The number of nitrogens with zero attached hydrogens (tertiary/aromatic N) is 1. The van der Waals surface area contributed by atoms with Crippen LogP contribution in [0.1, 0.15) is 14.7 Å². The molecule has 1 N–H and O–H groups in total. The molecule has 2 heterocycles. The van der Waals surface area contributed by atoms with E-state index in [2.05, 4.69) is 15.0 Å². The number of amides is 1. The first-order chi connectivity index (χ1) is 11.2. The maximum atomic E-state index is 12.0. The quantitative estimate of drug-likeness (QED) is 0.577. The molecule has 0 radical (unpaired) electrons. The Kier molecular flexibility index (Phi) is 4.50. The van der Waals surface area contributed by atoms with Crippen LogP contribution in [0.15, 0.2) is 41.8 Å². The summed E-state index contributed by atoms with van der Waals surface area (Å²) < 4.78 is 5.74. The predicted molar refractivity (Wildman–Crippen MR) is 92.9 cm³/mol. The smallest absolute Gasteiger partial charge is 0.350 e. The number of nitrogens with one attached hydrogen (secondary N) is 1. The maximum Gasteiger partial charge on any atom is 0.350 e. The highest BCUT2D eigenvalue weighted by molar-refractivity contribution is 7.19. The first kappa shape index (κ1) is 15.4. The van der Waals surface area contributed by atoms with Gasteiger partial charge in [-0.1, -0.05) is 12.1 Å². The third kappa shape index (κ3) is 3.46. The van der Waals surface area contributed by atoms with Gasteiger partial charge in [0.2, 0.25) is 5.91 Å². The number of ether oxygens (including phenoxy) is 1. The van der Waals surface area contributed by atoms with Gasteiger partial charge in [0.05, 0.1) is 23.0 Å². The number of anilines is 1. The van der Waals surface area contributed by atoms with E-state index >= 15 is 0 Å². The number of esters is 1. The van der Waals surface area contributed by atoms with Crippen LogP contribution in [0, 0.1) is 0 Å². The number of rotatable bonds is 4.